The molecule has 0 aliphatic carbocycles. The van der Waals surface area contributed by atoms with E-state index in [9.17, 15) is 9.59 Å². The number of anilines is 1. The summed E-state index contributed by atoms with van der Waals surface area (Å²) in [5, 5.41) is 3.36. The average molecular weight is 410 g/mol. The molecule has 0 spiro atoms. The summed E-state index contributed by atoms with van der Waals surface area (Å²) in [5.74, 6) is 0.838. The molecule has 1 fully saturated rings. The molecule has 2 amide bonds. The molecule has 0 bridgehead atoms. The maximum atomic E-state index is 13.2. The number of hydrogen-bond acceptors (Lipinski definition) is 4. The second kappa shape index (κ2) is 7.70. The Labute approximate surface area is 177 Å². The van der Waals surface area contributed by atoms with Gasteiger partial charge in [-0.15, -0.1) is 0 Å². The Morgan fingerprint density at radius 2 is 1.80 bits per heavy atom. The summed E-state index contributed by atoms with van der Waals surface area (Å²) in [4.78, 5) is 29.1. The molecule has 159 valence electrons. The predicted molar refractivity (Wildman–Crippen MR) is 116 cm³/mol. The van der Waals surface area contributed by atoms with Crippen molar-refractivity contribution in [2.45, 2.75) is 38.8 Å². The lowest BCUT2D eigenvalue weighted by Gasteiger charge is -2.26. The second-order valence-electron chi connectivity index (χ2n) is 8.85. The van der Waals surface area contributed by atoms with Crippen LogP contribution in [0.5, 0.6) is 0 Å². The molecule has 30 heavy (non-hydrogen) atoms. The maximum Gasteiger partial charge on any atom is 0.410 e. The van der Waals surface area contributed by atoms with Gasteiger partial charge in [0.25, 0.3) is 5.91 Å². The maximum absolute atomic E-state index is 13.2. The quantitative estimate of drug-likeness (QED) is 0.777. The topological polar surface area (TPSA) is 66.8 Å². The van der Waals surface area contributed by atoms with Gasteiger partial charge in [-0.05, 0) is 51.8 Å². The van der Waals surface area contributed by atoms with E-state index in [1.54, 1.807) is 4.90 Å². The van der Waals surface area contributed by atoms with Crippen molar-refractivity contribution in [2.24, 2.45) is 0 Å². The third-order valence-corrected chi connectivity index (χ3v) is 5.40. The third-order valence-electron chi connectivity index (χ3n) is 5.40. The number of fused-ring (bicyclic) bond motifs is 3. The largest absolute Gasteiger partial charge is 0.444 e. The van der Waals surface area contributed by atoms with Gasteiger partial charge in [-0.3, -0.25) is 4.79 Å². The molecule has 4 rings (SSSR count). The SMILES string of the molecule is [CH2]C1Nc2cc(C(=O)N3CCCN(C(=O)OC(C)(C)C)CC3)cn2-c2ccccc21. The number of carbonyl (C=O) groups excluding carboxylic acids is 2. The minimum Gasteiger partial charge on any atom is -0.444 e. The summed E-state index contributed by atoms with van der Waals surface area (Å²) in [5.41, 5.74) is 2.24. The van der Waals surface area contributed by atoms with E-state index in [0.717, 1.165) is 23.5 Å². The van der Waals surface area contributed by atoms with E-state index in [2.05, 4.69) is 12.2 Å². The first kappa shape index (κ1) is 20.3. The van der Waals surface area contributed by atoms with Gasteiger partial charge < -0.3 is 24.4 Å². The van der Waals surface area contributed by atoms with Crippen molar-refractivity contribution in [3.05, 3.63) is 54.6 Å². The number of rotatable bonds is 1. The van der Waals surface area contributed by atoms with E-state index >= 15 is 0 Å². The molecule has 2 aromatic rings. The van der Waals surface area contributed by atoms with Crippen molar-refractivity contribution >= 4 is 17.8 Å². The van der Waals surface area contributed by atoms with Gasteiger partial charge in [0.1, 0.15) is 11.4 Å². The zero-order chi connectivity index (χ0) is 21.5. The number of ether oxygens (including phenoxy) is 1. The van der Waals surface area contributed by atoms with Crippen molar-refractivity contribution in [1.82, 2.24) is 14.4 Å². The highest BCUT2D eigenvalue weighted by atomic mass is 16.6. The van der Waals surface area contributed by atoms with Gasteiger partial charge in [-0.2, -0.15) is 0 Å². The normalized spacial score (nSPS) is 18.7. The Hall–Kier alpha value is -2.96. The van der Waals surface area contributed by atoms with Crippen LogP contribution in [0.15, 0.2) is 36.5 Å². The van der Waals surface area contributed by atoms with Gasteiger partial charge in [-0.25, -0.2) is 4.79 Å². The number of nitrogens with one attached hydrogen (secondary N) is 1. The second-order valence-corrected chi connectivity index (χ2v) is 8.85. The van der Waals surface area contributed by atoms with Gasteiger partial charge in [0.2, 0.25) is 0 Å². The van der Waals surface area contributed by atoms with E-state index in [1.807, 2.05) is 66.8 Å². The van der Waals surface area contributed by atoms with Crippen LogP contribution in [0.1, 0.15) is 49.2 Å². The number of benzene rings is 1. The van der Waals surface area contributed by atoms with Crippen molar-refractivity contribution < 1.29 is 14.3 Å². The number of nitrogens with zero attached hydrogens (tertiary/aromatic N) is 3. The molecule has 7 nitrogen and oxygen atoms in total. The fraction of sp³-hybridized carbons (Fsp3) is 0.435. The highest BCUT2D eigenvalue weighted by Gasteiger charge is 2.28. The van der Waals surface area contributed by atoms with E-state index in [4.69, 9.17) is 4.74 Å². The summed E-state index contributed by atoms with van der Waals surface area (Å²) < 4.78 is 7.49. The van der Waals surface area contributed by atoms with Crippen LogP contribution in [-0.2, 0) is 4.74 Å². The van der Waals surface area contributed by atoms with Crippen molar-refractivity contribution in [2.75, 3.05) is 31.5 Å². The standard InChI is InChI=1S/C23H29N4O3/c1-16-18-8-5-6-9-19(18)27-15-17(14-20(27)24-16)21(28)25-10-7-11-26(13-12-25)22(29)30-23(2,3)4/h5-6,8-9,14-16,24H,1,7,10-13H2,2-4H3. The molecule has 1 aromatic carbocycles. The van der Waals surface area contributed by atoms with Crippen LogP contribution in [0, 0.1) is 6.92 Å². The molecule has 2 aliphatic heterocycles. The van der Waals surface area contributed by atoms with Crippen LogP contribution >= 0.6 is 0 Å². The molecular weight excluding hydrogens is 380 g/mol. The lowest BCUT2D eigenvalue weighted by molar-refractivity contribution is 0.0255. The molecule has 7 heteroatoms. The summed E-state index contributed by atoms with van der Waals surface area (Å²) in [6.07, 6.45) is 2.28. The Morgan fingerprint density at radius 1 is 1.10 bits per heavy atom. The van der Waals surface area contributed by atoms with Crippen molar-refractivity contribution in [1.29, 1.82) is 0 Å². The molecule has 1 unspecified atom stereocenters. The molecule has 1 saturated heterocycles. The van der Waals surface area contributed by atoms with Crippen LogP contribution < -0.4 is 5.32 Å². The lowest BCUT2D eigenvalue weighted by Crippen LogP contribution is -2.40. The highest BCUT2D eigenvalue weighted by molar-refractivity contribution is 5.95. The first-order valence-electron chi connectivity index (χ1n) is 10.4. The average Bonchev–Trinajstić information content (AvgIpc) is 2.95. The number of para-hydroxylation sites is 1. The van der Waals surface area contributed by atoms with Gasteiger partial charge in [-0.1, -0.05) is 18.2 Å². The Bertz CT molecular complexity index is 960. The van der Waals surface area contributed by atoms with Crippen LogP contribution in [-0.4, -0.2) is 58.1 Å². The molecular formula is C23H29N4O3. The van der Waals surface area contributed by atoms with E-state index in [-0.39, 0.29) is 18.0 Å². The molecule has 0 saturated carbocycles. The highest BCUT2D eigenvalue weighted by Crippen LogP contribution is 2.34. The molecule has 1 atom stereocenters. The molecule has 2 aliphatic rings. The fourth-order valence-electron chi connectivity index (χ4n) is 3.96. The van der Waals surface area contributed by atoms with Crippen LogP contribution in [0.3, 0.4) is 0 Å². The predicted octanol–water partition coefficient (Wildman–Crippen LogP) is 3.86. The van der Waals surface area contributed by atoms with Gasteiger partial charge in [0.05, 0.1) is 17.3 Å². The van der Waals surface area contributed by atoms with Crippen LogP contribution in [0.25, 0.3) is 5.69 Å². The van der Waals surface area contributed by atoms with Crippen molar-refractivity contribution in [3.63, 3.8) is 0 Å². The lowest BCUT2D eigenvalue weighted by atomic mass is 10.0. The molecule has 3 heterocycles. The Morgan fingerprint density at radius 3 is 2.57 bits per heavy atom. The van der Waals surface area contributed by atoms with Crippen molar-refractivity contribution in [3.8, 4) is 5.69 Å². The zero-order valence-electron chi connectivity index (χ0n) is 17.9. The third kappa shape index (κ3) is 4.01. The minimum atomic E-state index is -0.528. The van der Waals surface area contributed by atoms with Gasteiger partial charge in [0, 0.05) is 32.4 Å². The number of aromatic nitrogens is 1. The van der Waals surface area contributed by atoms with Crippen LogP contribution in [0.4, 0.5) is 10.6 Å². The molecule has 1 N–H and O–H groups in total. The fourth-order valence-corrected chi connectivity index (χ4v) is 3.96. The van der Waals surface area contributed by atoms with E-state index in [0.29, 0.717) is 31.7 Å². The Kier molecular flexibility index (Phi) is 5.22. The zero-order valence-corrected chi connectivity index (χ0v) is 17.9. The Balaban J connectivity index is 1.48. The van der Waals surface area contributed by atoms with Crippen LogP contribution in [0.2, 0.25) is 0 Å². The summed E-state index contributed by atoms with van der Waals surface area (Å²) in [6, 6.07) is 9.88. The van der Waals surface area contributed by atoms with E-state index in [1.165, 1.54) is 0 Å². The monoisotopic (exact) mass is 409 g/mol. The summed E-state index contributed by atoms with van der Waals surface area (Å²) >= 11 is 0. The van der Waals surface area contributed by atoms with E-state index < -0.39 is 5.60 Å². The number of carbonyl (C=O) groups is 2. The van der Waals surface area contributed by atoms with Gasteiger partial charge >= 0.3 is 6.09 Å². The molecule has 1 aromatic heterocycles. The first-order chi connectivity index (χ1) is 14.2. The number of hydrogen-bond donors (Lipinski definition) is 1. The first-order valence-corrected chi connectivity index (χ1v) is 10.4. The smallest absolute Gasteiger partial charge is 0.410 e. The van der Waals surface area contributed by atoms with Gasteiger partial charge in [0.15, 0.2) is 0 Å². The minimum absolute atomic E-state index is 0.0252. The molecule has 1 radical (unpaired) electrons. The number of amides is 2. The summed E-state index contributed by atoms with van der Waals surface area (Å²) in [6.45, 7) is 11.9. The summed E-state index contributed by atoms with van der Waals surface area (Å²) in [7, 11) is 0.